The number of alkyl halides is 1. The van der Waals surface area contributed by atoms with Crippen molar-refractivity contribution in [3.8, 4) is 0 Å². The number of hydrogen-bond acceptors (Lipinski definition) is 3. The molecule has 0 aliphatic carbocycles. The van der Waals surface area contributed by atoms with Crippen LogP contribution in [-0.2, 0) is 9.53 Å². The molecule has 0 spiro atoms. The second-order valence-electron chi connectivity index (χ2n) is 3.24. The van der Waals surface area contributed by atoms with Gasteiger partial charge >= 0.3 is 5.97 Å². The average Bonchev–Trinajstić information content (AvgIpc) is 2.02. The van der Waals surface area contributed by atoms with E-state index in [9.17, 15) is 9.90 Å². The van der Waals surface area contributed by atoms with Gasteiger partial charge in [-0.15, -0.1) is 11.6 Å². The number of esters is 1. The van der Waals surface area contributed by atoms with Gasteiger partial charge < -0.3 is 9.84 Å². The summed E-state index contributed by atoms with van der Waals surface area (Å²) in [6.45, 7) is 8.07. The Morgan fingerprint density at radius 3 is 2.38 bits per heavy atom. The minimum atomic E-state index is -1.65. The van der Waals surface area contributed by atoms with Crippen LogP contribution in [-0.4, -0.2) is 21.7 Å². The summed E-state index contributed by atoms with van der Waals surface area (Å²) in [6, 6.07) is 0. The van der Waals surface area contributed by atoms with Crippen LogP contribution >= 0.6 is 11.6 Å². The maximum absolute atomic E-state index is 10.9. The van der Waals surface area contributed by atoms with Crippen molar-refractivity contribution in [2.75, 3.05) is 0 Å². The zero-order valence-electron chi connectivity index (χ0n) is 8.13. The zero-order valence-corrected chi connectivity index (χ0v) is 8.89. The van der Waals surface area contributed by atoms with Crippen LogP contribution in [0.15, 0.2) is 12.7 Å². The molecule has 0 aromatic carbocycles. The number of rotatable bonds is 4. The molecule has 76 valence electrons. The molecule has 0 bridgehead atoms. The lowest BCUT2D eigenvalue weighted by Crippen LogP contribution is -2.49. The third-order valence-electron chi connectivity index (χ3n) is 1.84. The molecule has 0 fully saturated rings. The molecular weight excluding hydrogens is 192 g/mol. The Morgan fingerprint density at radius 1 is 1.69 bits per heavy atom. The molecule has 0 aliphatic heterocycles. The van der Waals surface area contributed by atoms with E-state index >= 15 is 0 Å². The van der Waals surface area contributed by atoms with Gasteiger partial charge in [-0.2, -0.15) is 0 Å². The Hall–Kier alpha value is -0.540. The van der Waals surface area contributed by atoms with Gasteiger partial charge in [0.2, 0.25) is 5.79 Å². The summed E-state index contributed by atoms with van der Waals surface area (Å²) in [5.41, 5.74) is 0. The predicted molar refractivity (Wildman–Crippen MR) is 51.5 cm³/mol. The van der Waals surface area contributed by atoms with Crippen LogP contribution in [0.3, 0.4) is 0 Å². The monoisotopic (exact) mass is 206 g/mol. The van der Waals surface area contributed by atoms with Crippen LogP contribution in [0.25, 0.3) is 0 Å². The normalized spacial score (nSPS) is 16.1. The Balaban J connectivity index is 4.65. The lowest BCUT2D eigenvalue weighted by atomic mass is 9.99. The van der Waals surface area contributed by atoms with Crippen molar-refractivity contribution in [3.05, 3.63) is 12.7 Å². The molecule has 1 unspecified atom stereocenters. The summed E-state index contributed by atoms with van der Waals surface area (Å²) in [5, 5.41) is 9.84. The topological polar surface area (TPSA) is 46.5 Å². The number of aliphatic hydroxyl groups is 1. The second kappa shape index (κ2) is 4.11. The number of carbonyl (C=O) groups is 1. The first-order valence-electron chi connectivity index (χ1n) is 4.03. The van der Waals surface area contributed by atoms with Crippen molar-refractivity contribution in [1.29, 1.82) is 0 Å². The zero-order chi connectivity index (χ0) is 10.7. The van der Waals surface area contributed by atoms with Crippen LogP contribution in [0.5, 0.6) is 0 Å². The van der Waals surface area contributed by atoms with Gasteiger partial charge in [-0.1, -0.05) is 13.5 Å². The average molecular weight is 207 g/mol. The number of carbonyl (C=O) groups excluding carboxylic acids is 1. The fourth-order valence-electron chi connectivity index (χ4n) is 0.822. The minimum Gasteiger partial charge on any atom is -0.428 e. The highest BCUT2D eigenvalue weighted by molar-refractivity contribution is 6.24. The highest BCUT2D eigenvalue weighted by Crippen LogP contribution is 2.32. The van der Waals surface area contributed by atoms with Crippen molar-refractivity contribution in [3.63, 3.8) is 0 Å². The van der Waals surface area contributed by atoms with Gasteiger partial charge in [-0.05, 0) is 13.8 Å². The maximum atomic E-state index is 10.9. The highest BCUT2D eigenvalue weighted by Gasteiger charge is 2.44. The molecule has 0 aliphatic rings. The molecule has 4 heteroatoms. The number of ether oxygens (including phenoxy) is 1. The molecule has 0 radical (unpaired) electrons. The van der Waals surface area contributed by atoms with E-state index in [2.05, 4.69) is 6.58 Å². The van der Waals surface area contributed by atoms with Gasteiger partial charge in [-0.3, -0.25) is 0 Å². The summed E-state index contributed by atoms with van der Waals surface area (Å²) in [6.07, 6.45) is 1.21. The molecule has 0 amide bonds. The molecule has 0 heterocycles. The quantitative estimate of drug-likeness (QED) is 0.330. The van der Waals surface area contributed by atoms with Crippen LogP contribution in [0.1, 0.15) is 27.2 Å². The van der Waals surface area contributed by atoms with Gasteiger partial charge in [0, 0.05) is 12.5 Å². The van der Waals surface area contributed by atoms with Crippen molar-refractivity contribution in [2.24, 2.45) is 0 Å². The van der Waals surface area contributed by atoms with Crippen molar-refractivity contribution >= 4 is 17.6 Å². The fraction of sp³-hybridized carbons (Fsp3) is 0.667. The molecule has 0 saturated heterocycles. The molecule has 1 atom stereocenters. The van der Waals surface area contributed by atoms with Gasteiger partial charge in [0.1, 0.15) is 4.87 Å². The third kappa shape index (κ3) is 3.01. The van der Waals surface area contributed by atoms with Gasteiger partial charge in [0.25, 0.3) is 0 Å². The lowest BCUT2D eigenvalue weighted by molar-refractivity contribution is -0.217. The third-order valence-corrected chi connectivity index (χ3v) is 2.14. The van der Waals surface area contributed by atoms with Crippen LogP contribution in [0.2, 0.25) is 0 Å². The molecule has 0 aromatic rings. The van der Waals surface area contributed by atoms with Gasteiger partial charge in [0.05, 0.1) is 0 Å². The fourth-order valence-corrected chi connectivity index (χ4v) is 0.994. The molecule has 1 N–H and O–H groups in total. The predicted octanol–water partition coefficient (Wildman–Crippen LogP) is 1.83. The van der Waals surface area contributed by atoms with E-state index in [4.69, 9.17) is 16.3 Å². The highest BCUT2D eigenvalue weighted by atomic mass is 35.5. The summed E-state index contributed by atoms with van der Waals surface area (Å²) >= 11 is 5.88. The Morgan fingerprint density at radius 2 is 2.15 bits per heavy atom. The SMILES string of the molecule is C=CC(=O)OC(O)(CC)C(C)(C)Cl. The molecule has 13 heavy (non-hydrogen) atoms. The first-order valence-corrected chi connectivity index (χ1v) is 4.41. The molecule has 3 nitrogen and oxygen atoms in total. The Kier molecular flexibility index (Phi) is 3.94. The molecular formula is C9H15ClO3. The summed E-state index contributed by atoms with van der Waals surface area (Å²) in [5.74, 6) is -2.34. The smallest absolute Gasteiger partial charge is 0.332 e. The molecule has 0 rings (SSSR count). The van der Waals surface area contributed by atoms with E-state index in [1.165, 1.54) is 0 Å². The van der Waals surface area contributed by atoms with Gasteiger partial charge in [-0.25, -0.2) is 4.79 Å². The number of halogens is 1. The first kappa shape index (κ1) is 12.5. The largest absolute Gasteiger partial charge is 0.428 e. The standard InChI is InChI=1S/C9H15ClO3/c1-5-7(11)13-9(12,6-2)8(3,4)10/h5,12H,1,6H2,2-4H3. The lowest BCUT2D eigenvalue weighted by Gasteiger charge is -2.36. The van der Waals surface area contributed by atoms with E-state index in [-0.39, 0.29) is 6.42 Å². The van der Waals surface area contributed by atoms with Crippen molar-refractivity contribution in [1.82, 2.24) is 0 Å². The van der Waals surface area contributed by atoms with Crippen LogP contribution in [0, 0.1) is 0 Å². The van der Waals surface area contributed by atoms with Crippen LogP contribution < -0.4 is 0 Å². The second-order valence-corrected chi connectivity index (χ2v) is 4.18. The number of hydrogen-bond donors (Lipinski definition) is 1. The van der Waals surface area contributed by atoms with Crippen LogP contribution in [0.4, 0.5) is 0 Å². The van der Waals surface area contributed by atoms with E-state index in [0.29, 0.717) is 0 Å². The van der Waals surface area contributed by atoms with E-state index < -0.39 is 16.6 Å². The van der Waals surface area contributed by atoms with E-state index in [1.807, 2.05) is 0 Å². The molecule has 0 saturated carbocycles. The first-order chi connectivity index (χ1) is 5.77. The summed E-state index contributed by atoms with van der Waals surface area (Å²) in [4.78, 5) is 9.85. The minimum absolute atomic E-state index is 0.225. The Labute approximate surface area is 83.3 Å². The van der Waals surface area contributed by atoms with Gasteiger partial charge in [0.15, 0.2) is 0 Å². The van der Waals surface area contributed by atoms with Crippen molar-refractivity contribution < 1.29 is 14.6 Å². The Bertz CT molecular complexity index is 207. The molecule has 0 aromatic heterocycles. The van der Waals surface area contributed by atoms with E-state index in [0.717, 1.165) is 6.08 Å². The maximum Gasteiger partial charge on any atom is 0.332 e. The van der Waals surface area contributed by atoms with Crippen molar-refractivity contribution in [2.45, 2.75) is 37.9 Å². The van der Waals surface area contributed by atoms with E-state index in [1.54, 1.807) is 20.8 Å². The summed E-state index contributed by atoms with van der Waals surface area (Å²) < 4.78 is 4.77. The summed E-state index contributed by atoms with van der Waals surface area (Å²) in [7, 11) is 0.